The molecule has 3 aliphatic rings. The zero-order chi connectivity index (χ0) is 24.6. The minimum atomic E-state index is -1.13. The Bertz CT molecular complexity index is 1090. The zero-order valence-electron chi connectivity index (χ0n) is 20.0. The Morgan fingerprint density at radius 3 is 2.14 bits per heavy atom. The fourth-order valence-corrected chi connectivity index (χ4v) is 5.84. The van der Waals surface area contributed by atoms with Gasteiger partial charge in [0.25, 0.3) is 0 Å². The number of fused-ring (bicyclic) bond motifs is 3. The van der Waals surface area contributed by atoms with Crippen molar-refractivity contribution in [3.05, 3.63) is 59.7 Å². The Morgan fingerprint density at radius 2 is 1.60 bits per heavy atom. The number of likely N-dealkylation sites (N-methyl/N-ethyl adjacent to an activating group) is 1. The maximum Gasteiger partial charge on any atom is 0.407 e. The summed E-state index contributed by atoms with van der Waals surface area (Å²) >= 11 is 0. The van der Waals surface area contributed by atoms with Gasteiger partial charge >= 0.3 is 12.1 Å². The molecule has 2 aromatic rings. The number of ether oxygens (including phenoxy) is 1. The van der Waals surface area contributed by atoms with Crippen molar-refractivity contribution in [2.45, 2.75) is 62.4 Å². The lowest BCUT2D eigenvalue weighted by Crippen LogP contribution is -2.54. The normalized spacial score (nSPS) is 18.9. The second-order valence-corrected chi connectivity index (χ2v) is 10.1. The summed E-state index contributed by atoms with van der Waals surface area (Å²) in [7, 11) is 1.58. The van der Waals surface area contributed by atoms with E-state index in [1.807, 2.05) is 24.3 Å². The molecule has 2 aromatic carbocycles. The van der Waals surface area contributed by atoms with E-state index in [-0.39, 0.29) is 36.8 Å². The van der Waals surface area contributed by atoms with Gasteiger partial charge in [-0.2, -0.15) is 0 Å². The van der Waals surface area contributed by atoms with E-state index in [4.69, 9.17) is 4.74 Å². The Hall–Kier alpha value is -3.35. The first-order valence-electron chi connectivity index (χ1n) is 12.5. The summed E-state index contributed by atoms with van der Waals surface area (Å²) in [5.41, 5.74) is 3.50. The maximum absolute atomic E-state index is 13.1. The van der Waals surface area contributed by atoms with E-state index in [0.29, 0.717) is 12.8 Å². The second kappa shape index (κ2) is 9.36. The van der Waals surface area contributed by atoms with Gasteiger partial charge < -0.3 is 20.1 Å². The lowest BCUT2D eigenvalue weighted by Gasteiger charge is -2.35. The van der Waals surface area contributed by atoms with Crippen LogP contribution in [0.4, 0.5) is 4.79 Å². The number of amides is 2. The van der Waals surface area contributed by atoms with Crippen LogP contribution in [0.5, 0.6) is 0 Å². The second-order valence-electron chi connectivity index (χ2n) is 10.1. The molecule has 3 aliphatic carbocycles. The molecule has 2 amide bonds. The van der Waals surface area contributed by atoms with Crippen LogP contribution in [0.15, 0.2) is 48.5 Å². The summed E-state index contributed by atoms with van der Waals surface area (Å²) in [5, 5.41) is 12.7. The molecule has 0 aliphatic heterocycles. The molecule has 7 heteroatoms. The first-order valence-corrected chi connectivity index (χ1v) is 12.5. The SMILES string of the molecule is CN(C(=O)CC(NC(=O)OCC1c2ccccc2-c2ccccc21)C1CC1)C1(C(=O)O)CCCC1. The van der Waals surface area contributed by atoms with Gasteiger partial charge in [-0.25, -0.2) is 9.59 Å². The van der Waals surface area contributed by atoms with Crippen LogP contribution in [0.2, 0.25) is 0 Å². The molecule has 2 saturated carbocycles. The molecule has 35 heavy (non-hydrogen) atoms. The van der Waals surface area contributed by atoms with E-state index >= 15 is 0 Å². The number of aliphatic carboxylic acids is 1. The minimum absolute atomic E-state index is 0.0296. The molecular formula is C28H32N2O5. The standard InChI is InChI=1S/C28H32N2O5/c1-30(28(26(32)33)14-6-7-15-28)25(31)16-24(18-12-13-18)29-27(34)35-17-23-21-10-4-2-8-19(21)20-9-3-5-11-22(20)23/h2-5,8-11,18,23-24H,6-7,12-17H2,1H3,(H,29,34)(H,32,33). The molecule has 7 nitrogen and oxygen atoms in total. The van der Waals surface area contributed by atoms with E-state index in [2.05, 4.69) is 29.6 Å². The Kier molecular flexibility index (Phi) is 6.26. The van der Waals surface area contributed by atoms with Crippen molar-refractivity contribution < 1.29 is 24.2 Å². The third-order valence-electron chi connectivity index (χ3n) is 8.08. The van der Waals surface area contributed by atoms with Gasteiger partial charge in [0.05, 0.1) is 0 Å². The molecule has 1 atom stereocenters. The molecular weight excluding hydrogens is 444 g/mol. The maximum atomic E-state index is 13.1. The molecule has 1 unspecified atom stereocenters. The van der Waals surface area contributed by atoms with Crippen LogP contribution in [0.3, 0.4) is 0 Å². The lowest BCUT2D eigenvalue weighted by atomic mass is 9.94. The van der Waals surface area contributed by atoms with E-state index in [1.165, 1.54) is 16.0 Å². The number of rotatable bonds is 8. The van der Waals surface area contributed by atoms with Gasteiger partial charge in [-0.15, -0.1) is 0 Å². The van der Waals surface area contributed by atoms with Crippen molar-refractivity contribution in [1.82, 2.24) is 10.2 Å². The number of nitrogens with one attached hydrogen (secondary N) is 1. The van der Waals surface area contributed by atoms with Crippen LogP contribution >= 0.6 is 0 Å². The topological polar surface area (TPSA) is 95.9 Å². The fraction of sp³-hybridized carbons (Fsp3) is 0.464. The highest BCUT2D eigenvalue weighted by Gasteiger charge is 2.47. The molecule has 0 saturated heterocycles. The number of carbonyl (C=O) groups excluding carboxylic acids is 2. The van der Waals surface area contributed by atoms with Crippen LogP contribution in [0.1, 0.15) is 62.0 Å². The van der Waals surface area contributed by atoms with Crippen molar-refractivity contribution >= 4 is 18.0 Å². The summed E-state index contributed by atoms with van der Waals surface area (Å²) in [4.78, 5) is 39.3. The predicted molar refractivity (Wildman–Crippen MR) is 131 cm³/mol. The molecule has 2 N–H and O–H groups in total. The molecule has 0 aromatic heterocycles. The van der Waals surface area contributed by atoms with Gasteiger partial charge in [0.15, 0.2) is 0 Å². The molecule has 0 spiro atoms. The molecule has 2 fully saturated rings. The lowest BCUT2D eigenvalue weighted by molar-refractivity contribution is -0.157. The zero-order valence-corrected chi connectivity index (χ0v) is 20.0. The quantitative estimate of drug-likeness (QED) is 0.583. The largest absolute Gasteiger partial charge is 0.479 e. The van der Waals surface area contributed by atoms with Gasteiger partial charge in [-0.1, -0.05) is 61.4 Å². The van der Waals surface area contributed by atoms with Crippen LogP contribution in [0, 0.1) is 5.92 Å². The van der Waals surface area contributed by atoms with Gasteiger partial charge in [0, 0.05) is 25.4 Å². The third-order valence-corrected chi connectivity index (χ3v) is 8.08. The highest BCUT2D eigenvalue weighted by Crippen LogP contribution is 2.44. The van der Waals surface area contributed by atoms with E-state index in [9.17, 15) is 19.5 Å². The number of hydrogen-bond acceptors (Lipinski definition) is 4. The first kappa shape index (κ1) is 23.4. The number of carboxylic acids is 1. The highest BCUT2D eigenvalue weighted by molar-refractivity contribution is 5.87. The van der Waals surface area contributed by atoms with Crippen molar-refractivity contribution in [3.8, 4) is 11.1 Å². The monoisotopic (exact) mass is 476 g/mol. The summed E-state index contributed by atoms with van der Waals surface area (Å²) in [5.74, 6) is -1.00. The number of hydrogen-bond donors (Lipinski definition) is 2. The summed E-state index contributed by atoms with van der Waals surface area (Å²) < 4.78 is 5.68. The van der Waals surface area contributed by atoms with Crippen LogP contribution in [-0.4, -0.2) is 53.2 Å². The molecule has 0 radical (unpaired) electrons. The van der Waals surface area contributed by atoms with Crippen LogP contribution in [-0.2, 0) is 14.3 Å². The third kappa shape index (κ3) is 4.40. The van der Waals surface area contributed by atoms with Gasteiger partial charge in [0.1, 0.15) is 12.1 Å². The smallest absolute Gasteiger partial charge is 0.407 e. The number of carbonyl (C=O) groups is 3. The molecule has 0 bridgehead atoms. The van der Waals surface area contributed by atoms with Crippen LogP contribution in [0.25, 0.3) is 11.1 Å². The fourth-order valence-electron chi connectivity index (χ4n) is 5.84. The number of nitrogens with zero attached hydrogens (tertiary/aromatic N) is 1. The summed E-state index contributed by atoms with van der Waals surface area (Å²) in [6.07, 6.45) is 3.97. The van der Waals surface area contributed by atoms with Crippen LogP contribution < -0.4 is 5.32 Å². The Balaban J connectivity index is 1.22. The Morgan fingerprint density at radius 1 is 1.03 bits per heavy atom. The Labute approximate surface area is 205 Å². The van der Waals surface area contributed by atoms with E-state index < -0.39 is 17.6 Å². The number of alkyl carbamates (subject to hydrolysis) is 1. The van der Waals surface area contributed by atoms with E-state index in [0.717, 1.165) is 36.8 Å². The average molecular weight is 477 g/mol. The predicted octanol–water partition coefficient (Wildman–Crippen LogP) is 4.55. The molecule has 184 valence electrons. The van der Waals surface area contributed by atoms with Crippen molar-refractivity contribution in [3.63, 3.8) is 0 Å². The van der Waals surface area contributed by atoms with E-state index in [1.54, 1.807) is 7.05 Å². The summed E-state index contributed by atoms with van der Waals surface area (Å²) in [6, 6.07) is 16.0. The van der Waals surface area contributed by atoms with Gasteiger partial charge in [0.2, 0.25) is 5.91 Å². The molecule has 5 rings (SSSR count). The number of benzene rings is 2. The highest BCUT2D eigenvalue weighted by atomic mass is 16.5. The van der Waals surface area contributed by atoms with Crippen molar-refractivity contribution in [2.75, 3.05) is 13.7 Å². The van der Waals surface area contributed by atoms with Crippen molar-refractivity contribution in [2.24, 2.45) is 5.92 Å². The average Bonchev–Trinajstić information content (AvgIpc) is 3.49. The van der Waals surface area contributed by atoms with Gasteiger partial charge in [-0.3, -0.25) is 4.79 Å². The first-order chi connectivity index (χ1) is 16.9. The van der Waals surface area contributed by atoms with Gasteiger partial charge in [-0.05, 0) is 53.9 Å². The molecule has 0 heterocycles. The number of carboxylic acid groups (broad SMARTS) is 1. The summed E-state index contributed by atoms with van der Waals surface area (Å²) in [6.45, 7) is 0.215. The minimum Gasteiger partial charge on any atom is -0.479 e. The van der Waals surface area contributed by atoms with Crippen molar-refractivity contribution in [1.29, 1.82) is 0 Å².